The van der Waals surface area contributed by atoms with Gasteiger partial charge in [-0.15, -0.1) is 0 Å². The standard InChI is InChI=1S/C9H16O2/c1-4-5-6-8(7(2)3)9(10)11/h6-7H,4-5H2,1-3H3,(H,10,11). The lowest BCUT2D eigenvalue weighted by Gasteiger charge is -2.04. The Morgan fingerprint density at radius 3 is 2.36 bits per heavy atom. The summed E-state index contributed by atoms with van der Waals surface area (Å²) in [5.74, 6) is -0.660. The van der Waals surface area contributed by atoms with E-state index in [9.17, 15) is 4.79 Å². The average Bonchev–Trinajstić information content (AvgIpc) is 1.87. The third-order valence-electron chi connectivity index (χ3n) is 1.52. The molecule has 11 heavy (non-hydrogen) atoms. The predicted octanol–water partition coefficient (Wildman–Crippen LogP) is 2.45. The van der Waals surface area contributed by atoms with Gasteiger partial charge in [-0.05, 0) is 12.3 Å². The van der Waals surface area contributed by atoms with Crippen molar-refractivity contribution in [3.63, 3.8) is 0 Å². The molecule has 0 amide bonds. The Balaban J connectivity index is 4.21. The summed E-state index contributed by atoms with van der Waals surface area (Å²) in [6.45, 7) is 5.83. The van der Waals surface area contributed by atoms with E-state index < -0.39 is 5.97 Å². The number of unbranched alkanes of at least 4 members (excludes halogenated alkanes) is 1. The van der Waals surface area contributed by atoms with Crippen molar-refractivity contribution in [3.05, 3.63) is 11.6 Å². The van der Waals surface area contributed by atoms with Gasteiger partial charge in [-0.3, -0.25) is 0 Å². The Morgan fingerprint density at radius 2 is 2.09 bits per heavy atom. The van der Waals surface area contributed by atoms with Crippen molar-refractivity contribution >= 4 is 5.97 Å². The van der Waals surface area contributed by atoms with Crippen LogP contribution < -0.4 is 0 Å². The third-order valence-corrected chi connectivity index (χ3v) is 1.52. The van der Waals surface area contributed by atoms with E-state index in [0.29, 0.717) is 5.57 Å². The smallest absolute Gasteiger partial charge is 0.331 e. The zero-order valence-electron chi connectivity index (χ0n) is 7.42. The molecule has 2 nitrogen and oxygen atoms in total. The van der Waals surface area contributed by atoms with Crippen LogP contribution in [0.4, 0.5) is 0 Å². The topological polar surface area (TPSA) is 37.3 Å². The van der Waals surface area contributed by atoms with E-state index in [-0.39, 0.29) is 5.92 Å². The molecule has 0 saturated heterocycles. The molecule has 0 rings (SSSR count). The summed E-state index contributed by atoms with van der Waals surface area (Å²) in [6, 6.07) is 0. The first-order chi connectivity index (χ1) is 5.09. The van der Waals surface area contributed by atoms with E-state index in [0.717, 1.165) is 12.8 Å². The van der Waals surface area contributed by atoms with Crippen LogP contribution in [0.15, 0.2) is 11.6 Å². The third kappa shape index (κ3) is 3.81. The lowest BCUT2D eigenvalue weighted by Crippen LogP contribution is -2.06. The Morgan fingerprint density at radius 1 is 1.55 bits per heavy atom. The molecule has 0 aliphatic rings. The highest BCUT2D eigenvalue weighted by Gasteiger charge is 2.09. The van der Waals surface area contributed by atoms with E-state index in [2.05, 4.69) is 0 Å². The summed E-state index contributed by atoms with van der Waals surface area (Å²) in [4.78, 5) is 10.6. The first-order valence-corrected chi connectivity index (χ1v) is 4.03. The largest absolute Gasteiger partial charge is 0.478 e. The molecule has 0 saturated carbocycles. The maximum atomic E-state index is 10.6. The van der Waals surface area contributed by atoms with E-state index in [4.69, 9.17) is 5.11 Å². The minimum absolute atomic E-state index is 0.124. The summed E-state index contributed by atoms with van der Waals surface area (Å²) in [7, 11) is 0. The second-order valence-electron chi connectivity index (χ2n) is 2.91. The molecule has 0 unspecified atom stereocenters. The Labute approximate surface area is 67.9 Å². The normalized spacial score (nSPS) is 12.2. The van der Waals surface area contributed by atoms with Crippen LogP contribution >= 0.6 is 0 Å². The van der Waals surface area contributed by atoms with E-state index in [1.165, 1.54) is 0 Å². The zero-order chi connectivity index (χ0) is 8.85. The quantitative estimate of drug-likeness (QED) is 0.635. The molecule has 0 fully saturated rings. The van der Waals surface area contributed by atoms with Crippen molar-refractivity contribution in [2.45, 2.75) is 33.6 Å². The molecular weight excluding hydrogens is 140 g/mol. The molecule has 0 aliphatic carbocycles. The first kappa shape index (κ1) is 10.2. The van der Waals surface area contributed by atoms with Crippen molar-refractivity contribution < 1.29 is 9.90 Å². The average molecular weight is 156 g/mol. The Bertz CT molecular complexity index is 157. The molecular formula is C9H16O2. The summed E-state index contributed by atoms with van der Waals surface area (Å²) >= 11 is 0. The number of carboxylic acids is 1. The van der Waals surface area contributed by atoms with Crippen molar-refractivity contribution in [2.24, 2.45) is 5.92 Å². The van der Waals surface area contributed by atoms with Gasteiger partial charge in [0, 0.05) is 5.57 Å². The van der Waals surface area contributed by atoms with Crippen LogP contribution in [0.2, 0.25) is 0 Å². The van der Waals surface area contributed by atoms with Gasteiger partial charge in [-0.2, -0.15) is 0 Å². The molecule has 0 aromatic heterocycles. The highest BCUT2D eigenvalue weighted by Crippen LogP contribution is 2.10. The minimum atomic E-state index is -0.784. The van der Waals surface area contributed by atoms with Crippen molar-refractivity contribution in [3.8, 4) is 0 Å². The van der Waals surface area contributed by atoms with Crippen LogP contribution in [-0.2, 0) is 4.79 Å². The fourth-order valence-electron chi connectivity index (χ4n) is 0.870. The lowest BCUT2D eigenvalue weighted by molar-refractivity contribution is -0.133. The van der Waals surface area contributed by atoms with Crippen molar-refractivity contribution in [1.29, 1.82) is 0 Å². The SMILES string of the molecule is CCCC=C(C(=O)O)C(C)C. The summed E-state index contributed by atoms with van der Waals surface area (Å²) in [5.41, 5.74) is 0.534. The number of allylic oxidation sites excluding steroid dienone is 1. The highest BCUT2D eigenvalue weighted by molar-refractivity contribution is 5.86. The molecule has 0 radical (unpaired) electrons. The second kappa shape index (κ2) is 4.94. The number of aliphatic carboxylic acids is 1. The van der Waals surface area contributed by atoms with E-state index in [1.807, 2.05) is 26.8 Å². The van der Waals surface area contributed by atoms with Gasteiger partial charge in [-0.25, -0.2) is 4.79 Å². The molecule has 2 heteroatoms. The molecule has 0 aromatic rings. The summed E-state index contributed by atoms with van der Waals surface area (Å²) < 4.78 is 0. The van der Waals surface area contributed by atoms with Crippen LogP contribution in [0.1, 0.15) is 33.6 Å². The van der Waals surface area contributed by atoms with Gasteiger partial charge in [0.25, 0.3) is 0 Å². The van der Waals surface area contributed by atoms with E-state index in [1.54, 1.807) is 0 Å². The second-order valence-corrected chi connectivity index (χ2v) is 2.91. The predicted molar refractivity (Wildman–Crippen MR) is 45.5 cm³/mol. The molecule has 0 atom stereocenters. The Kier molecular flexibility index (Phi) is 4.59. The number of hydrogen-bond donors (Lipinski definition) is 1. The molecule has 0 aliphatic heterocycles. The fraction of sp³-hybridized carbons (Fsp3) is 0.667. The molecule has 0 aromatic carbocycles. The van der Waals surface area contributed by atoms with Gasteiger partial charge in [0.1, 0.15) is 0 Å². The first-order valence-electron chi connectivity index (χ1n) is 4.03. The van der Waals surface area contributed by atoms with Crippen LogP contribution in [0.3, 0.4) is 0 Å². The van der Waals surface area contributed by atoms with Gasteiger partial charge < -0.3 is 5.11 Å². The fourth-order valence-corrected chi connectivity index (χ4v) is 0.870. The van der Waals surface area contributed by atoms with Crippen LogP contribution in [0.25, 0.3) is 0 Å². The molecule has 64 valence electrons. The van der Waals surface area contributed by atoms with Crippen LogP contribution in [0.5, 0.6) is 0 Å². The van der Waals surface area contributed by atoms with Gasteiger partial charge >= 0.3 is 5.97 Å². The number of carboxylic acid groups (broad SMARTS) is 1. The number of carbonyl (C=O) groups is 1. The molecule has 0 heterocycles. The highest BCUT2D eigenvalue weighted by atomic mass is 16.4. The summed E-state index contributed by atoms with van der Waals surface area (Å²) in [6.07, 6.45) is 3.68. The van der Waals surface area contributed by atoms with Gasteiger partial charge in [0.2, 0.25) is 0 Å². The number of rotatable bonds is 4. The maximum absolute atomic E-state index is 10.6. The molecule has 0 bridgehead atoms. The molecule has 0 spiro atoms. The van der Waals surface area contributed by atoms with Crippen LogP contribution in [0, 0.1) is 5.92 Å². The summed E-state index contributed by atoms with van der Waals surface area (Å²) in [5, 5.41) is 8.70. The lowest BCUT2D eigenvalue weighted by atomic mass is 10.0. The number of hydrogen-bond acceptors (Lipinski definition) is 1. The maximum Gasteiger partial charge on any atom is 0.331 e. The van der Waals surface area contributed by atoms with Gasteiger partial charge in [0.05, 0.1) is 0 Å². The van der Waals surface area contributed by atoms with E-state index >= 15 is 0 Å². The molecule has 1 N–H and O–H groups in total. The van der Waals surface area contributed by atoms with Gasteiger partial charge in [-0.1, -0.05) is 33.3 Å². The minimum Gasteiger partial charge on any atom is -0.478 e. The zero-order valence-corrected chi connectivity index (χ0v) is 7.42. The van der Waals surface area contributed by atoms with Crippen molar-refractivity contribution in [1.82, 2.24) is 0 Å². The van der Waals surface area contributed by atoms with Crippen LogP contribution in [-0.4, -0.2) is 11.1 Å². The van der Waals surface area contributed by atoms with Crippen molar-refractivity contribution in [2.75, 3.05) is 0 Å². The van der Waals surface area contributed by atoms with Gasteiger partial charge in [0.15, 0.2) is 0 Å². The Hall–Kier alpha value is -0.790. The monoisotopic (exact) mass is 156 g/mol.